The lowest BCUT2D eigenvalue weighted by atomic mass is 10.0. The second-order valence-corrected chi connectivity index (χ2v) is 9.80. The zero-order valence-corrected chi connectivity index (χ0v) is 21.2. The van der Waals surface area contributed by atoms with Crippen molar-refractivity contribution in [3.8, 4) is 11.4 Å². The van der Waals surface area contributed by atoms with E-state index in [-0.39, 0.29) is 6.04 Å². The standard InChI is InChI=1S/C29H29ClN6O/c30-20-6-8-25-23(15-20)28(33-21(17-31)14-19-4-2-1-3-5-19)24(18-32-25)29-34-26-9-7-22(16-27(26)35-29)36-10-12-37-13-11-36/h1-9,15-16,18,21H,10-14,17,31H2,(H,32,33)(H,34,35). The molecule has 0 amide bonds. The predicted molar refractivity (Wildman–Crippen MR) is 151 cm³/mol. The van der Waals surface area contributed by atoms with Crippen LogP contribution in [0.5, 0.6) is 0 Å². The molecule has 8 heteroatoms. The highest BCUT2D eigenvalue weighted by Crippen LogP contribution is 2.35. The largest absolute Gasteiger partial charge is 0.380 e. The van der Waals surface area contributed by atoms with Crippen LogP contribution in [-0.2, 0) is 11.2 Å². The number of hydrogen-bond acceptors (Lipinski definition) is 6. The highest BCUT2D eigenvalue weighted by Gasteiger charge is 2.19. The molecule has 2 aromatic heterocycles. The van der Waals surface area contributed by atoms with Crippen molar-refractivity contribution >= 4 is 44.9 Å². The van der Waals surface area contributed by atoms with Crippen molar-refractivity contribution in [1.29, 1.82) is 0 Å². The van der Waals surface area contributed by atoms with Crippen molar-refractivity contribution in [2.24, 2.45) is 5.73 Å². The molecule has 1 atom stereocenters. The average Bonchev–Trinajstić information content (AvgIpc) is 3.37. The maximum absolute atomic E-state index is 6.43. The van der Waals surface area contributed by atoms with Crippen molar-refractivity contribution in [2.45, 2.75) is 12.5 Å². The summed E-state index contributed by atoms with van der Waals surface area (Å²) < 4.78 is 5.51. The van der Waals surface area contributed by atoms with Crippen LogP contribution in [0.4, 0.5) is 11.4 Å². The Morgan fingerprint density at radius 2 is 1.84 bits per heavy atom. The summed E-state index contributed by atoms with van der Waals surface area (Å²) in [6.45, 7) is 3.74. The van der Waals surface area contributed by atoms with E-state index >= 15 is 0 Å². The van der Waals surface area contributed by atoms with Crippen molar-refractivity contribution in [2.75, 3.05) is 43.1 Å². The van der Waals surface area contributed by atoms with Gasteiger partial charge >= 0.3 is 0 Å². The Morgan fingerprint density at radius 3 is 2.65 bits per heavy atom. The summed E-state index contributed by atoms with van der Waals surface area (Å²) in [6, 6.07) is 22.5. The quantitative estimate of drug-likeness (QED) is 0.276. The number of aromatic nitrogens is 3. The van der Waals surface area contributed by atoms with Crippen LogP contribution in [0.3, 0.4) is 0 Å². The molecule has 1 fully saturated rings. The number of benzene rings is 3. The molecule has 1 saturated heterocycles. The third kappa shape index (κ3) is 4.98. The number of ether oxygens (including phenoxy) is 1. The van der Waals surface area contributed by atoms with Crippen molar-refractivity contribution in [3.63, 3.8) is 0 Å². The third-order valence-electron chi connectivity index (χ3n) is 6.88. The molecule has 7 nitrogen and oxygen atoms in total. The monoisotopic (exact) mass is 512 g/mol. The molecule has 1 aliphatic rings. The first-order valence-corrected chi connectivity index (χ1v) is 13.0. The summed E-state index contributed by atoms with van der Waals surface area (Å²) in [7, 11) is 0. The van der Waals surface area contributed by atoms with Gasteiger partial charge in [-0.15, -0.1) is 0 Å². The molecule has 1 aliphatic heterocycles. The number of nitrogens with one attached hydrogen (secondary N) is 2. The van der Waals surface area contributed by atoms with E-state index in [1.165, 1.54) is 11.3 Å². The van der Waals surface area contributed by atoms with Gasteiger partial charge in [-0.25, -0.2) is 4.98 Å². The minimum atomic E-state index is 0.0167. The smallest absolute Gasteiger partial charge is 0.142 e. The van der Waals surface area contributed by atoms with Crippen molar-refractivity contribution < 1.29 is 4.74 Å². The summed E-state index contributed by atoms with van der Waals surface area (Å²) in [6.07, 6.45) is 2.67. The number of H-pyrrole nitrogens is 1. The molecule has 4 N–H and O–H groups in total. The molecule has 188 valence electrons. The number of nitrogens with two attached hydrogens (primary N) is 1. The molecule has 0 saturated carbocycles. The second kappa shape index (κ2) is 10.4. The molecule has 6 rings (SSSR count). The SMILES string of the molecule is NCC(Cc1ccccc1)Nc1c(-c2nc3ccc(N4CCOCC4)cc3[nH]2)cnc2ccc(Cl)cc12. The number of anilines is 2. The normalized spacial score (nSPS) is 14.8. The van der Waals surface area contributed by atoms with Crippen molar-refractivity contribution in [1.82, 2.24) is 15.0 Å². The van der Waals surface area contributed by atoms with E-state index in [4.69, 9.17) is 32.0 Å². The van der Waals surface area contributed by atoms with Crippen molar-refractivity contribution in [3.05, 3.63) is 83.5 Å². The molecule has 5 aromatic rings. The summed E-state index contributed by atoms with van der Waals surface area (Å²) in [5.74, 6) is 0.751. The van der Waals surface area contributed by atoms with E-state index < -0.39 is 0 Å². The number of halogens is 1. The number of imidazole rings is 1. The summed E-state index contributed by atoms with van der Waals surface area (Å²) >= 11 is 6.43. The molecule has 3 aromatic carbocycles. The van der Waals surface area contributed by atoms with Gasteiger partial charge in [0.2, 0.25) is 0 Å². The predicted octanol–water partition coefficient (Wildman–Crippen LogP) is 5.25. The Bertz CT molecular complexity index is 1530. The van der Waals surface area contributed by atoms with Gasteiger partial charge in [-0.2, -0.15) is 0 Å². The van der Waals surface area contributed by atoms with Crippen LogP contribution < -0.4 is 16.0 Å². The molecule has 37 heavy (non-hydrogen) atoms. The zero-order valence-electron chi connectivity index (χ0n) is 20.5. The average molecular weight is 513 g/mol. The van der Waals surface area contributed by atoms with Gasteiger partial charge in [0.1, 0.15) is 5.82 Å². The van der Waals surface area contributed by atoms with Gasteiger partial charge < -0.3 is 25.7 Å². The number of fused-ring (bicyclic) bond motifs is 2. The maximum Gasteiger partial charge on any atom is 0.142 e. The third-order valence-corrected chi connectivity index (χ3v) is 7.12. The van der Waals surface area contributed by atoms with Gasteiger partial charge in [-0.3, -0.25) is 4.98 Å². The van der Waals surface area contributed by atoms with E-state index in [0.717, 1.165) is 71.7 Å². The highest BCUT2D eigenvalue weighted by molar-refractivity contribution is 6.31. The van der Waals surface area contributed by atoms with E-state index in [9.17, 15) is 0 Å². The number of nitrogens with zero attached hydrogens (tertiary/aromatic N) is 3. The summed E-state index contributed by atoms with van der Waals surface area (Å²) in [4.78, 5) is 15.5. The molecule has 1 unspecified atom stereocenters. The molecule has 0 bridgehead atoms. The van der Waals surface area contributed by atoms with Gasteiger partial charge in [-0.1, -0.05) is 41.9 Å². The van der Waals surface area contributed by atoms with E-state index in [1.807, 2.05) is 30.5 Å². The molecule has 0 spiro atoms. The molecular weight excluding hydrogens is 484 g/mol. The minimum absolute atomic E-state index is 0.0167. The Morgan fingerprint density at radius 1 is 1.03 bits per heavy atom. The van der Waals surface area contributed by atoms with Crippen LogP contribution in [0.15, 0.2) is 72.9 Å². The summed E-state index contributed by atoms with van der Waals surface area (Å²) in [5, 5.41) is 5.31. The van der Waals surface area contributed by atoms with Gasteiger partial charge in [-0.05, 0) is 48.4 Å². The lowest BCUT2D eigenvalue weighted by Gasteiger charge is -2.28. The van der Waals surface area contributed by atoms with Gasteiger partial charge in [0.25, 0.3) is 0 Å². The first kappa shape index (κ1) is 23.7. The van der Waals surface area contributed by atoms with Crippen LogP contribution in [-0.4, -0.2) is 53.8 Å². The van der Waals surface area contributed by atoms with Crippen LogP contribution in [0, 0.1) is 0 Å². The van der Waals surface area contributed by atoms with Gasteiger partial charge in [0.15, 0.2) is 0 Å². The lowest BCUT2D eigenvalue weighted by Crippen LogP contribution is -2.36. The lowest BCUT2D eigenvalue weighted by molar-refractivity contribution is 0.122. The Labute approximate surface area is 220 Å². The second-order valence-electron chi connectivity index (χ2n) is 9.36. The first-order chi connectivity index (χ1) is 18.2. The van der Waals surface area contributed by atoms with Crippen LogP contribution in [0.25, 0.3) is 33.3 Å². The number of aromatic amines is 1. The van der Waals surface area contributed by atoms with Gasteiger partial charge in [0.05, 0.1) is 41.0 Å². The molecular formula is C29H29ClN6O. The van der Waals surface area contributed by atoms with E-state index in [2.05, 4.69) is 57.7 Å². The molecule has 3 heterocycles. The van der Waals surface area contributed by atoms with Crippen LogP contribution in [0.2, 0.25) is 5.02 Å². The van der Waals surface area contributed by atoms with Gasteiger partial charge in [0, 0.05) is 48.0 Å². The topological polar surface area (TPSA) is 92.1 Å². The Kier molecular flexibility index (Phi) is 6.66. The van der Waals surface area contributed by atoms with Crippen LogP contribution >= 0.6 is 11.6 Å². The first-order valence-electron chi connectivity index (χ1n) is 12.6. The molecule has 0 radical (unpaired) electrons. The minimum Gasteiger partial charge on any atom is -0.380 e. The fourth-order valence-electron chi connectivity index (χ4n) is 4.94. The van der Waals surface area contributed by atoms with Crippen LogP contribution in [0.1, 0.15) is 5.56 Å². The highest BCUT2D eigenvalue weighted by atomic mass is 35.5. The fraction of sp³-hybridized carbons (Fsp3) is 0.241. The van der Waals surface area contributed by atoms with E-state index in [1.54, 1.807) is 0 Å². The Balaban J connectivity index is 1.41. The zero-order chi connectivity index (χ0) is 25.2. The molecule has 0 aliphatic carbocycles. The fourth-order valence-corrected chi connectivity index (χ4v) is 5.11. The maximum atomic E-state index is 6.43. The number of pyridine rings is 1. The Hall–Kier alpha value is -3.65. The van der Waals surface area contributed by atoms with E-state index in [0.29, 0.717) is 11.6 Å². The number of hydrogen-bond donors (Lipinski definition) is 3. The number of rotatable bonds is 7. The number of morpholine rings is 1. The summed E-state index contributed by atoms with van der Waals surface area (Å²) in [5.41, 5.74) is 13.2.